The Hall–Kier alpha value is -2.13. The fourth-order valence-electron chi connectivity index (χ4n) is 1.61. The van der Waals surface area contributed by atoms with E-state index < -0.39 is 6.03 Å². The predicted octanol–water partition coefficient (Wildman–Crippen LogP) is 2.09. The molecule has 7 nitrogen and oxygen atoms in total. The van der Waals surface area contributed by atoms with Crippen molar-refractivity contribution in [1.82, 2.24) is 20.8 Å². The summed E-state index contributed by atoms with van der Waals surface area (Å²) >= 11 is 2.62. The summed E-state index contributed by atoms with van der Waals surface area (Å²) < 4.78 is 0.673. The average Bonchev–Trinajstić information content (AvgIpc) is 3.00. The van der Waals surface area contributed by atoms with E-state index in [1.807, 2.05) is 30.3 Å². The third-order valence-electron chi connectivity index (χ3n) is 2.61. The first-order valence-corrected chi connectivity index (χ1v) is 8.79. The molecular formula is C14H17N5O2S2. The van der Waals surface area contributed by atoms with Crippen LogP contribution in [0.2, 0.25) is 0 Å². The monoisotopic (exact) mass is 351 g/mol. The molecule has 3 N–H and O–H groups in total. The predicted molar refractivity (Wildman–Crippen MR) is 91.6 cm³/mol. The van der Waals surface area contributed by atoms with Gasteiger partial charge in [-0.3, -0.25) is 10.1 Å². The maximum Gasteiger partial charge on any atom is 0.321 e. The highest BCUT2D eigenvalue weighted by Crippen LogP contribution is 2.25. The highest BCUT2D eigenvalue weighted by Gasteiger charge is 2.10. The van der Waals surface area contributed by atoms with Crippen molar-refractivity contribution >= 4 is 40.2 Å². The number of nitrogens with one attached hydrogen (secondary N) is 3. The number of urea groups is 1. The number of amides is 3. The Morgan fingerprint density at radius 3 is 2.74 bits per heavy atom. The molecular weight excluding hydrogens is 334 g/mol. The van der Waals surface area contributed by atoms with E-state index in [9.17, 15) is 9.59 Å². The summed E-state index contributed by atoms with van der Waals surface area (Å²) in [6, 6.07) is 9.48. The van der Waals surface area contributed by atoms with Gasteiger partial charge in [0.25, 0.3) is 0 Å². The van der Waals surface area contributed by atoms with Crippen molar-refractivity contribution in [3.8, 4) is 0 Å². The fraction of sp³-hybridized carbons (Fsp3) is 0.286. The molecule has 0 unspecified atom stereocenters. The third kappa shape index (κ3) is 6.25. The van der Waals surface area contributed by atoms with Gasteiger partial charge in [-0.2, -0.15) is 0 Å². The number of carbonyl (C=O) groups is 2. The molecule has 3 amide bonds. The van der Waals surface area contributed by atoms with Crippen molar-refractivity contribution in [1.29, 1.82) is 0 Å². The van der Waals surface area contributed by atoms with E-state index in [0.29, 0.717) is 22.6 Å². The van der Waals surface area contributed by atoms with E-state index in [2.05, 4.69) is 26.1 Å². The number of nitrogens with zero attached hydrogens (tertiary/aromatic N) is 2. The summed E-state index contributed by atoms with van der Waals surface area (Å²) in [4.78, 5) is 22.8. The van der Waals surface area contributed by atoms with Gasteiger partial charge in [0.2, 0.25) is 11.0 Å². The van der Waals surface area contributed by atoms with Gasteiger partial charge in [0.05, 0.1) is 5.75 Å². The van der Waals surface area contributed by atoms with Crippen molar-refractivity contribution in [2.24, 2.45) is 0 Å². The van der Waals surface area contributed by atoms with Crippen molar-refractivity contribution in [2.75, 3.05) is 17.6 Å². The first-order valence-electron chi connectivity index (χ1n) is 6.99. The highest BCUT2D eigenvalue weighted by molar-refractivity contribution is 8.01. The van der Waals surface area contributed by atoms with Crippen LogP contribution >= 0.6 is 23.1 Å². The third-order valence-corrected chi connectivity index (χ3v) is 4.62. The molecule has 0 radical (unpaired) electrons. The molecule has 1 aromatic heterocycles. The van der Waals surface area contributed by atoms with Gasteiger partial charge < -0.3 is 10.6 Å². The van der Waals surface area contributed by atoms with Crippen LogP contribution in [0.1, 0.15) is 12.5 Å². The Kier molecular flexibility index (Phi) is 6.82. The maximum absolute atomic E-state index is 11.6. The summed E-state index contributed by atoms with van der Waals surface area (Å²) in [5.74, 6) is -0.250. The van der Waals surface area contributed by atoms with Crippen LogP contribution in [0.4, 0.5) is 9.93 Å². The zero-order valence-electron chi connectivity index (χ0n) is 12.5. The molecule has 0 aliphatic rings. The molecule has 0 bridgehead atoms. The number of imide groups is 1. The van der Waals surface area contributed by atoms with Crippen LogP contribution < -0.4 is 16.0 Å². The molecule has 0 aliphatic heterocycles. The van der Waals surface area contributed by atoms with E-state index in [-0.39, 0.29) is 11.7 Å². The molecule has 1 heterocycles. The molecule has 0 saturated heterocycles. The normalized spacial score (nSPS) is 10.1. The van der Waals surface area contributed by atoms with Gasteiger partial charge in [0, 0.05) is 13.1 Å². The summed E-state index contributed by atoms with van der Waals surface area (Å²) in [7, 11) is 0. The second-order valence-electron chi connectivity index (χ2n) is 4.41. The number of anilines is 1. The van der Waals surface area contributed by atoms with Crippen LogP contribution in [-0.2, 0) is 11.3 Å². The molecule has 23 heavy (non-hydrogen) atoms. The molecule has 9 heteroatoms. The Balaban J connectivity index is 1.74. The topological polar surface area (TPSA) is 96.0 Å². The van der Waals surface area contributed by atoms with Gasteiger partial charge >= 0.3 is 6.03 Å². The smallest absolute Gasteiger partial charge is 0.321 e. The number of aromatic nitrogens is 2. The minimum atomic E-state index is -0.486. The van der Waals surface area contributed by atoms with E-state index in [0.717, 1.165) is 5.56 Å². The number of benzene rings is 1. The van der Waals surface area contributed by atoms with Gasteiger partial charge in [-0.25, -0.2) is 4.79 Å². The van der Waals surface area contributed by atoms with E-state index in [1.54, 1.807) is 6.92 Å². The molecule has 122 valence electrons. The van der Waals surface area contributed by atoms with Crippen molar-refractivity contribution in [2.45, 2.75) is 17.8 Å². The Bertz CT molecular complexity index is 648. The maximum atomic E-state index is 11.6. The van der Waals surface area contributed by atoms with Crippen LogP contribution in [0.25, 0.3) is 0 Å². The molecule has 0 aliphatic carbocycles. The lowest BCUT2D eigenvalue weighted by Crippen LogP contribution is -2.40. The largest absolute Gasteiger partial charge is 0.356 e. The first kappa shape index (κ1) is 17.2. The molecule has 1 aromatic carbocycles. The average molecular weight is 351 g/mol. The molecule has 2 rings (SSSR count). The minimum absolute atomic E-state index is 0.116. The SMILES string of the molecule is CCNC(=O)NC(=O)CSc1nnc(NCc2ccccc2)s1. The standard InChI is InChI=1S/C14H17N5O2S2/c1-2-15-12(21)17-11(20)9-22-14-19-18-13(23-14)16-8-10-6-4-3-5-7-10/h3-7H,2,8-9H2,1H3,(H,16,18)(H2,15,17,20,21). The first-order chi connectivity index (χ1) is 11.2. The lowest BCUT2D eigenvalue weighted by atomic mass is 10.2. The van der Waals surface area contributed by atoms with E-state index in [1.165, 1.54) is 23.1 Å². The van der Waals surface area contributed by atoms with Gasteiger partial charge in [0.15, 0.2) is 4.34 Å². The van der Waals surface area contributed by atoms with Gasteiger partial charge in [-0.1, -0.05) is 53.4 Å². The Labute approximate surface area is 142 Å². The number of hydrogen-bond acceptors (Lipinski definition) is 7. The number of hydrogen-bond donors (Lipinski definition) is 3. The quantitative estimate of drug-likeness (QED) is 0.661. The molecule has 2 aromatic rings. The number of rotatable bonds is 7. The van der Waals surface area contributed by atoms with Crippen LogP contribution in [0.15, 0.2) is 34.7 Å². The van der Waals surface area contributed by atoms with Gasteiger partial charge in [-0.05, 0) is 12.5 Å². The van der Waals surface area contributed by atoms with Gasteiger partial charge in [0.1, 0.15) is 0 Å². The van der Waals surface area contributed by atoms with E-state index >= 15 is 0 Å². The minimum Gasteiger partial charge on any atom is -0.356 e. The number of carbonyl (C=O) groups excluding carboxylic acids is 2. The van der Waals surface area contributed by atoms with Crippen LogP contribution in [0.5, 0.6) is 0 Å². The van der Waals surface area contributed by atoms with Gasteiger partial charge in [-0.15, -0.1) is 10.2 Å². The number of thioether (sulfide) groups is 1. The fourth-order valence-corrected chi connectivity index (χ4v) is 3.16. The lowest BCUT2D eigenvalue weighted by Gasteiger charge is -2.03. The van der Waals surface area contributed by atoms with E-state index in [4.69, 9.17) is 0 Å². The molecule has 0 spiro atoms. The van der Waals surface area contributed by atoms with Crippen LogP contribution in [-0.4, -0.2) is 34.4 Å². The second kappa shape index (κ2) is 9.11. The molecule has 0 saturated carbocycles. The molecule has 0 atom stereocenters. The Morgan fingerprint density at radius 1 is 1.22 bits per heavy atom. The van der Waals surface area contributed by atoms with Crippen molar-refractivity contribution < 1.29 is 9.59 Å². The highest BCUT2D eigenvalue weighted by atomic mass is 32.2. The van der Waals surface area contributed by atoms with Crippen molar-refractivity contribution in [3.05, 3.63) is 35.9 Å². The van der Waals surface area contributed by atoms with Crippen LogP contribution in [0, 0.1) is 0 Å². The second-order valence-corrected chi connectivity index (χ2v) is 6.61. The summed E-state index contributed by atoms with van der Waals surface area (Å²) in [5, 5.41) is 16.6. The van der Waals surface area contributed by atoms with Crippen molar-refractivity contribution in [3.63, 3.8) is 0 Å². The summed E-state index contributed by atoms with van der Waals surface area (Å²) in [6.07, 6.45) is 0. The summed E-state index contributed by atoms with van der Waals surface area (Å²) in [6.45, 7) is 2.92. The zero-order chi connectivity index (χ0) is 16.5. The zero-order valence-corrected chi connectivity index (χ0v) is 14.2. The summed E-state index contributed by atoms with van der Waals surface area (Å²) in [5.41, 5.74) is 1.15. The lowest BCUT2D eigenvalue weighted by molar-refractivity contribution is -0.117. The molecule has 0 fully saturated rings. The van der Waals surface area contributed by atoms with Crippen LogP contribution in [0.3, 0.4) is 0 Å². The Morgan fingerprint density at radius 2 is 2.00 bits per heavy atom.